The molecule has 1 aliphatic heterocycles. The fourth-order valence-corrected chi connectivity index (χ4v) is 1.82. The van der Waals surface area contributed by atoms with Gasteiger partial charge in [0.05, 0.1) is 6.54 Å². The summed E-state index contributed by atoms with van der Waals surface area (Å²) in [6, 6.07) is 0. The number of nitrogens with one attached hydrogen (secondary N) is 2. The molecule has 0 saturated carbocycles. The van der Waals surface area contributed by atoms with E-state index in [0.29, 0.717) is 12.5 Å². The van der Waals surface area contributed by atoms with Crippen LogP contribution in [-0.4, -0.2) is 46.1 Å². The second-order valence-corrected chi connectivity index (χ2v) is 4.33. The summed E-state index contributed by atoms with van der Waals surface area (Å²) in [5, 5.41) is 9.69. The summed E-state index contributed by atoms with van der Waals surface area (Å²) in [5.74, 6) is 1.44. The topological polar surface area (TPSA) is 73.9 Å². The zero-order valence-electron chi connectivity index (χ0n) is 9.60. The minimum Gasteiger partial charge on any atom is -0.338 e. The van der Waals surface area contributed by atoms with E-state index in [0.717, 1.165) is 18.9 Å². The molecule has 0 aromatic carbocycles. The predicted octanol–water partition coefficient (Wildman–Crippen LogP) is -0.381. The van der Waals surface area contributed by atoms with Crippen LogP contribution in [0.15, 0.2) is 6.33 Å². The summed E-state index contributed by atoms with van der Waals surface area (Å²) in [6.45, 7) is 4.38. The molecule has 1 unspecified atom stereocenters. The highest BCUT2D eigenvalue weighted by atomic mass is 16.2. The summed E-state index contributed by atoms with van der Waals surface area (Å²) in [5.41, 5.74) is 0. The summed E-state index contributed by atoms with van der Waals surface area (Å²) >= 11 is 0. The van der Waals surface area contributed by atoms with Crippen molar-refractivity contribution in [2.45, 2.75) is 13.5 Å². The van der Waals surface area contributed by atoms with Crippen LogP contribution in [0, 0.1) is 11.8 Å². The van der Waals surface area contributed by atoms with Crippen molar-refractivity contribution in [1.82, 2.24) is 25.4 Å². The largest absolute Gasteiger partial charge is 0.338 e. The summed E-state index contributed by atoms with van der Waals surface area (Å²) in [7, 11) is 1.80. The Morgan fingerprint density at radius 3 is 2.94 bits per heavy atom. The maximum atomic E-state index is 12.0. The zero-order valence-corrected chi connectivity index (χ0v) is 9.60. The van der Waals surface area contributed by atoms with E-state index >= 15 is 0 Å². The number of aromatic nitrogens is 3. The molecular weight excluding hydrogens is 206 g/mol. The fraction of sp³-hybridized carbons (Fsp3) is 0.700. The molecule has 1 saturated heterocycles. The minimum absolute atomic E-state index is 0.0779. The maximum Gasteiger partial charge on any atom is 0.225 e. The van der Waals surface area contributed by atoms with Crippen molar-refractivity contribution in [2.24, 2.45) is 11.8 Å². The lowest BCUT2D eigenvalue weighted by Gasteiger charge is -2.33. The maximum absolute atomic E-state index is 12.0. The molecule has 1 aromatic heterocycles. The van der Waals surface area contributed by atoms with Gasteiger partial charge in [-0.3, -0.25) is 9.89 Å². The minimum atomic E-state index is 0.0779. The van der Waals surface area contributed by atoms with Gasteiger partial charge in [0.25, 0.3) is 0 Å². The van der Waals surface area contributed by atoms with Gasteiger partial charge in [0.15, 0.2) is 0 Å². The van der Waals surface area contributed by atoms with E-state index in [1.54, 1.807) is 11.9 Å². The Morgan fingerprint density at radius 1 is 1.69 bits per heavy atom. The number of rotatable bonds is 4. The van der Waals surface area contributed by atoms with Crippen LogP contribution < -0.4 is 5.32 Å². The van der Waals surface area contributed by atoms with Crippen LogP contribution in [0.3, 0.4) is 0 Å². The molecule has 6 nitrogen and oxygen atoms in total. The lowest BCUT2D eigenvalue weighted by Crippen LogP contribution is -2.49. The molecule has 0 bridgehead atoms. The lowest BCUT2D eigenvalue weighted by molar-refractivity contribution is -0.136. The number of carbonyl (C=O) groups is 1. The molecule has 0 radical (unpaired) electrons. The van der Waals surface area contributed by atoms with Crippen molar-refractivity contribution in [3.8, 4) is 0 Å². The molecule has 1 amide bonds. The number of hydrogen-bond donors (Lipinski definition) is 2. The Morgan fingerprint density at radius 2 is 2.44 bits per heavy atom. The third kappa shape index (κ3) is 2.21. The molecule has 1 fully saturated rings. The third-order valence-corrected chi connectivity index (χ3v) is 3.14. The molecule has 6 heteroatoms. The van der Waals surface area contributed by atoms with Gasteiger partial charge in [0.1, 0.15) is 12.2 Å². The van der Waals surface area contributed by atoms with E-state index in [1.165, 1.54) is 6.33 Å². The molecule has 88 valence electrons. The summed E-state index contributed by atoms with van der Waals surface area (Å²) in [6.07, 6.45) is 1.45. The normalized spacial score (nSPS) is 17.9. The average Bonchev–Trinajstić information content (AvgIpc) is 2.66. The van der Waals surface area contributed by atoms with Crippen molar-refractivity contribution < 1.29 is 4.79 Å². The number of aromatic amines is 1. The molecule has 0 aliphatic carbocycles. The standard InChI is InChI=1S/C10H17N5O/c1-7(8-3-11-4-8)10(16)15(2)5-9-12-6-13-14-9/h6-8,11H,3-5H2,1-2H3,(H,12,13,14). The van der Waals surface area contributed by atoms with E-state index < -0.39 is 0 Å². The van der Waals surface area contributed by atoms with Gasteiger partial charge in [-0.1, -0.05) is 6.92 Å². The van der Waals surface area contributed by atoms with Crippen LogP contribution in [0.25, 0.3) is 0 Å². The van der Waals surface area contributed by atoms with Crippen molar-refractivity contribution >= 4 is 5.91 Å². The van der Waals surface area contributed by atoms with Crippen LogP contribution in [0.4, 0.5) is 0 Å². The van der Waals surface area contributed by atoms with Crippen LogP contribution in [0.5, 0.6) is 0 Å². The molecule has 16 heavy (non-hydrogen) atoms. The van der Waals surface area contributed by atoms with E-state index in [9.17, 15) is 4.79 Å². The summed E-state index contributed by atoms with van der Waals surface area (Å²) in [4.78, 5) is 17.7. The van der Waals surface area contributed by atoms with Crippen LogP contribution in [0.1, 0.15) is 12.7 Å². The molecule has 1 atom stereocenters. The van der Waals surface area contributed by atoms with Gasteiger partial charge in [-0.05, 0) is 19.0 Å². The van der Waals surface area contributed by atoms with Gasteiger partial charge in [0.2, 0.25) is 5.91 Å². The Hall–Kier alpha value is -1.43. The van der Waals surface area contributed by atoms with Crippen LogP contribution >= 0.6 is 0 Å². The van der Waals surface area contributed by atoms with Gasteiger partial charge in [-0.15, -0.1) is 0 Å². The Kier molecular flexibility index (Phi) is 3.19. The van der Waals surface area contributed by atoms with Crippen LogP contribution in [-0.2, 0) is 11.3 Å². The van der Waals surface area contributed by atoms with Crippen molar-refractivity contribution in [3.05, 3.63) is 12.2 Å². The number of amides is 1. The molecule has 1 aromatic rings. The first-order chi connectivity index (χ1) is 7.68. The van der Waals surface area contributed by atoms with E-state index in [1.807, 2.05) is 6.92 Å². The Balaban J connectivity index is 1.88. The number of hydrogen-bond acceptors (Lipinski definition) is 4. The van der Waals surface area contributed by atoms with Crippen molar-refractivity contribution in [3.63, 3.8) is 0 Å². The molecule has 2 heterocycles. The highest BCUT2D eigenvalue weighted by Gasteiger charge is 2.30. The van der Waals surface area contributed by atoms with Crippen molar-refractivity contribution in [1.29, 1.82) is 0 Å². The second-order valence-electron chi connectivity index (χ2n) is 4.33. The first-order valence-electron chi connectivity index (χ1n) is 5.48. The van der Waals surface area contributed by atoms with Gasteiger partial charge >= 0.3 is 0 Å². The third-order valence-electron chi connectivity index (χ3n) is 3.14. The fourth-order valence-electron chi connectivity index (χ4n) is 1.82. The second kappa shape index (κ2) is 4.61. The van der Waals surface area contributed by atoms with Gasteiger partial charge in [-0.25, -0.2) is 4.98 Å². The number of nitrogens with zero attached hydrogens (tertiary/aromatic N) is 3. The highest BCUT2D eigenvalue weighted by molar-refractivity contribution is 5.78. The van der Waals surface area contributed by atoms with Crippen molar-refractivity contribution in [2.75, 3.05) is 20.1 Å². The van der Waals surface area contributed by atoms with Gasteiger partial charge < -0.3 is 10.2 Å². The van der Waals surface area contributed by atoms with E-state index in [4.69, 9.17) is 0 Å². The van der Waals surface area contributed by atoms with Gasteiger partial charge in [-0.2, -0.15) is 5.10 Å². The highest BCUT2D eigenvalue weighted by Crippen LogP contribution is 2.18. The molecule has 2 rings (SSSR count). The molecule has 0 spiro atoms. The zero-order chi connectivity index (χ0) is 11.5. The lowest BCUT2D eigenvalue weighted by atomic mass is 9.88. The Labute approximate surface area is 94.4 Å². The Bertz CT molecular complexity index is 346. The molecule has 2 N–H and O–H groups in total. The summed E-state index contributed by atoms with van der Waals surface area (Å²) < 4.78 is 0. The quantitative estimate of drug-likeness (QED) is 0.729. The number of carbonyl (C=O) groups excluding carboxylic acids is 1. The monoisotopic (exact) mass is 223 g/mol. The smallest absolute Gasteiger partial charge is 0.225 e. The molecular formula is C10H17N5O. The first kappa shape index (κ1) is 11.1. The van der Waals surface area contributed by atoms with Gasteiger partial charge in [0, 0.05) is 13.0 Å². The number of H-pyrrole nitrogens is 1. The van der Waals surface area contributed by atoms with Crippen LogP contribution in [0.2, 0.25) is 0 Å². The SMILES string of the molecule is CC(C(=O)N(C)Cc1ncn[nH]1)C1CNC1. The van der Waals surface area contributed by atoms with E-state index in [2.05, 4.69) is 20.5 Å². The average molecular weight is 223 g/mol. The first-order valence-corrected chi connectivity index (χ1v) is 5.48. The van der Waals surface area contributed by atoms with E-state index in [-0.39, 0.29) is 11.8 Å². The predicted molar refractivity (Wildman–Crippen MR) is 58.4 cm³/mol. The molecule has 1 aliphatic rings.